The number of imidazole rings is 1. The molecule has 7 aromatic carbocycles. The van der Waals surface area contributed by atoms with Crippen molar-refractivity contribution in [3.8, 4) is 74.0 Å². The van der Waals surface area contributed by atoms with Crippen LogP contribution >= 0.6 is 0 Å². The number of hydrogen-bond acceptors (Lipinski definition) is 6. The number of aryl methyl sites for hydroxylation is 1. The maximum atomic E-state index is 7.23. The Morgan fingerprint density at radius 2 is 1.25 bits per heavy atom. The zero-order valence-corrected chi connectivity index (χ0v) is 37.3. The topological polar surface area (TPSA) is 61.6 Å². The van der Waals surface area contributed by atoms with Crippen molar-refractivity contribution in [1.82, 2.24) is 14.5 Å². The predicted molar refractivity (Wildman–Crippen MR) is 247 cm³/mol. The van der Waals surface area contributed by atoms with Crippen molar-refractivity contribution in [1.29, 1.82) is 0 Å². The maximum absolute atomic E-state index is 7.23. The Morgan fingerprint density at radius 3 is 1.89 bits per heavy atom. The molecule has 63 heavy (non-hydrogen) atoms. The van der Waals surface area contributed by atoms with E-state index < -0.39 is 6.85 Å². The van der Waals surface area contributed by atoms with Gasteiger partial charge in [0.2, 0.25) is 0 Å². The van der Waals surface area contributed by atoms with E-state index in [4.69, 9.17) is 23.3 Å². The van der Waals surface area contributed by atoms with Gasteiger partial charge < -0.3 is 28.7 Å². The summed E-state index contributed by atoms with van der Waals surface area (Å²) in [7, 11) is 0. The van der Waals surface area contributed by atoms with Gasteiger partial charge in [0.05, 0.1) is 28.4 Å². The summed E-state index contributed by atoms with van der Waals surface area (Å²) in [5.74, 6) is 5.53. The van der Waals surface area contributed by atoms with Gasteiger partial charge in [0, 0.05) is 47.4 Å². The van der Waals surface area contributed by atoms with Crippen LogP contribution in [0.1, 0.15) is 60.3 Å². The molecule has 0 saturated heterocycles. The van der Waals surface area contributed by atoms with Gasteiger partial charge in [0.15, 0.2) is 11.5 Å². The van der Waals surface area contributed by atoms with Crippen LogP contribution in [0.5, 0.6) is 34.5 Å². The van der Waals surface area contributed by atoms with Crippen LogP contribution in [-0.2, 0) is 20.1 Å². The summed E-state index contributed by atoms with van der Waals surface area (Å²) >= 11 is 0. The van der Waals surface area contributed by atoms with Gasteiger partial charge in [-0.05, 0) is 77.0 Å². The van der Waals surface area contributed by atoms with E-state index in [1.54, 1.807) is 18.2 Å². The second-order valence-corrected chi connectivity index (χ2v) is 16.2. The van der Waals surface area contributed by atoms with Crippen LogP contribution in [0.4, 0.5) is 17.1 Å². The van der Waals surface area contributed by atoms with Gasteiger partial charge in [-0.1, -0.05) is 118 Å². The van der Waals surface area contributed by atoms with E-state index in [-0.39, 0.29) is 37.5 Å². The minimum atomic E-state index is -2.09. The second-order valence-electron chi connectivity index (χ2n) is 16.2. The van der Waals surface area contributed by atoms with Crippen molar-refractivity contribution in [3.63, 3.8) is 0 Å². The standard InChI is InChI=1S/C43H32N3O3.C12H10N.Ir/c1-24(2)27-14-8-15-28(25(3)4)37(27)46-38-29(26-12-6-5-7-13-26)16-9-17-31(38)44-43(46)30-22-23-36-41-42(30)49-35-21-11-20-34-40(35)45(41)39-32(47-34)18-10-19-33(39)48-36;1-10-7-8-12(13-9-10)11-5-3-2-4-6-11;/h5-21,23-25H,1-4H3;2-5,7-9H,1H3;/q2*-1;/i;1D3;. The monoisotopic (exact) mass is 1000 g/mol. The molecule has 5 heterocycles. The predicted octanol–water partition coefficient (Wildman–Crippen LogP) is 15.0. The summed E-state index contributed by atoms with van der Waals surface area (Å²) < 4.78 is 43.9. The van der Waals surface area contributed by atoms with Crippen LogP contribution in [0.25, 0.3) is 50.5 Å². The molecule has 0 N–H and O–H groups in total. The van der Waals surface area contributed by atoms with E-state index in [0.717, 1.165) is 84.8 Å². The van der Waals surface area contributed by atoms with Crippen LogP contribution in [0.2, 0.25) is 0 Å². The fourth-order valence-corrected chi connectivity index (χ4v) is 8.75. The first-order valence-corrected chi connectivity index (χ1v) is 20.9. The first-order valence-electron chi connectivity index (χ1n) is 22.4. The van der Waals surface area contributed by atoms with Gasteiger partial charge in [-0.2, -0.15) is 0 Å². The van der Waals surface area contributed by atoms with E-state index in [2.05, 4.69) is 121 Å². The molecule has 1 radical (unpaired) electrons. The molecule has 9 aromatic rings. The van der Waals surface area contributed by atoms with Crippen molar-refractivity contribution in [2.24, 2.45) is 0 Å². The molecule has 3 aliphatic rings. The summed E-state index contributed by atoms with van der Waals surface area (Å²) in [6, 6.07) is 54.8. The van der Waals surface area contributed by atoms with Gasteiger partial charge in [0.1, 0.15) is 22.9 Å². The van der Waals surface area contributed by atoms with Crippen LogP contribution in [0.15, 0.2) is 152 Å². The average Bonchev–Trinajstić information content (AvgIpc) is 3.71. The zero-order chi connectivity index (χ0) is 44.6. The molecule has 0 fully saturated rings. The molecule has 3 aliphatic heterocycles. The van der Waals surface area contributed by atoms with Gasteiger partial charge >= 0.3 is 0 Å². The van der Waals surface area contributed by atoms with Crippen molar-refractivity contribution in [2.45, 2.75) is 46.4 Å². The van der Waals surface area contributed by atoms with E-state index in [0.29, 0.717) is 17.2 Å². The number of para-hydroxylation sites is 4. The number of rotatable bonds is 6. The van der Waals surface area contributed by atoms with E-state index in [1.165, 1.54) is 17.3 Å². The third kappa shape index (κ3) is 6.69. The molecular weight excluding hydrogens is 957 g/mol. The quantitative estimate of drug-likeness (QED) is 0.155. The first kappa shape index (κ1) is 36.6. The van der Waals surface area contributed by atoms with Gasteiger partial charge in [-0.3, -0.25) is 4.98 Å². The Hall–Kier alpha value is -6.99. The number of pyridine rings is 1. The Kier molecular flexibility index (Phi) is 9.33. The summed E-state index contributed by atoms with van der Waals surface area (Å²) in [4.78, 5) is 11.8. The molecule has 0 aliphatic carbocycles. The average molecular weight is 1000 g/mol. The number of anilines is 3. The molecule has 0 atom stereocenters. The zero-order valence-electron chi connectivity index (χ0n) is 37.9. The Balaban J connectivity index is 0.000000256. The van der Waals surface area contributed by atoms with Crippen LogP contribution < -0.4 is 19.1 Å². The number of hydrogen-bond donors (Lipinski definition) is 0. The maximum Gasteiger partial charge on any atom is 0.155 e. The Bertz CT molecular complexity index is 3240. The summed E-state index contributed by atoms with van der Waals surface area (Å²) in [6.07, 6.45) is 1.39. The fourth-order valence-electron chi connectivity index (χ4n) is 8.75. The van der Waals surface area contributed by atoms with Crippen molar-refractivity contribution >= 4 is 28.1 Å². The molecule has 0 spiro atoms. The van der Waals surface area contributed by atoms with Crippen LogP contribution in [0.3, 0.4) is 0 Å². The van der Waals surface area contributed by atoms with Gasteiger partial charge in [-0.25, -0.2) is 0 Å². The minimum Gasteiger partial charge on any atom is -0.497 e. The fraction of sp³-hybridized carbons (Fsp3) is 0.127. The molecule has 7 nitrogen and oxygen atoms in total. The normalized spacial score (nSPS) is 13.3. The smallest absolute Gasteiger partial charge is 0.155 e. The Morgan fingerprint density at radius 1 is 0.603 bits per heavy atom. The van der Waals surface area contributed by atoms with E-state index in [1.807, 2.05) is 60.7 Å². The number of aromatic nitrogens is 3. The van der Waals surface area contributed by atoms with Crippen molar-refractivity contribution in [2.75, 3.05) is 4.90 Å². The summed E-state index contributed by atoms with van der Waals surface area (Å²) in [5, 5.41) is 0. The van der Waals surface area contributed by atoms with Crippen molar-refractivity contribution in [3.05, 3.63) is 181 Å². The summed E-state index contributed by atoms with van der Waals surface area (Å²) in [6.45, 7) is 6.95. The Labute approximate surface area is 385 Å². The van der Waals surface area contributed by atoms with Gasteiger partial charge in [-0.15, -0.1) is 48.0 Å². The SMILES string of the molecule is CC(C)c1cccc(C(C)C)c1-n1c(-c2[c-]cc3c4c2Oc2cccc5c2N4c2c(cccc2O3)O5)nc2cccc(-c3ccccc3)c21.[2H]C([2H])([2H])c1ccc(-c2[c-]cccc2)nc1.[Ir]. The molecule has 12 rings (SSSR count). The van der Waals surface area contributed by atoms with Gasteiger partial charge in [0.25, 0.3) is 0 Å². The first-order chi connectivity index (χ1) is 31.5. The third-order valence-electron chi connectivity index (χ3n) is 11.6. The molecule has 0 unspecified atom stereocenters. The second kappa shape index (κ2) is 16.0. The molecule has 0 amide bonds. The van der Waals surface area contributed by atoms with E-state index >= 15 is 0 Å². The number of ether oxygens (including phenoxy) is 3. The largest absolute Gasteiger partial charge is 0.497 e. The molecular formula is C55H42IrN4O3-2. The molecule has 0 saturated carbocycles. The minimum absolute atomic E-state index is 0. The third-order valence-corrected chi connectivity index (χ3v) is 11.6. The number of nitrogens with zero attached hydrogens (tertiary/aromatic N) is 4. The molecule has 2 aromatic heterocycles. The number of fused-ring (bicyclic) bond motifs is 1. The summed E-state index contributed by atoms with van der Waals surface area (Å²) in [5.41, 5.74) is 13.0. The van der Waals surface area contributed by atoms with E-state index in [9.17, 15) is 0 Å². The molecule has 0 bridgehead atoms. The van der Waals surface area contributed by atoms with Crippen LogP contribution in [0, 0.1) is 19.0 Å². The molecule has 8 heteroatoms. The van der Waals surface area contributed by atoms with Crippen molar-refractivity contribution < 1.29 is 38.4 Å². The molecule has 311 valence electrons. The van der Waals surface area contributed by atoms with Crippen LogP contribution in [-0.4, -0.2) is 14.5 Å². The number of benzene rings is 7.